The van der Waals surface area contributed by atoms with E-state index in [4.69, 9.17) is 9.15 Å². The van der Waals surface area contributed by atoms with Crippen LogP contribution in [-0.2, 0) is 19.6 Å². The van der Waals surface area contributed by atoms with Crippen LogP contribution >= 0.6 is 0 Å². The van der Waals surface area contributed by atoms with Crippen molar-refractivity contribution in [1.82, 2.24) is 10.3 Å². The summed E-state index contributed by atoms with van der Waals surface area (Å²) in [6, 6.07) is 6.24. The molecule has 2 aromatic rings. The van der Waals surface area contributed by atoms with E-state index in [0.29, 0.717) is 6.61 Å². The third-order valence-electron chi connectivity index (χ3n) is 2.93. The number of hydrogen-bond donors (Lipinski definition) is 1. The number of aromatic nitrogens is 1. The van der Waals surface area contributed by atoms with E-state index in [9.17, 15) is 0 Å². The van der Waals surface area contributed by atoms with E-state index in [1.165, 1.54) is 17.5 Å². The highest BCUT2D eigenvalue weighted by Gasteiger charge is 2.09. The molecule has 0 saturated carbocycles. The molecule has 0 bridgehead atoms. The smallest absolute Gasteiger partial charge is 0.181 e. The van der Waals surface area contributed by atoms with Crippen LogP contribution in [0, 0.1) is 0 Å². The van der Waals surface area contributed by atoms with E-state index in [2.05, 4.69) is 22.4 Å². The summed E-state index contributed by atoms with van der Waals surface area (Å²) in [6.45, 7) is 2.42. The molecule has 0 fully saturated rings. The minimum Gasteiger partial charge on any atom is -0.486 e. The molecule has 0 radical (unpaired) electrons. The summed E-state index contributed by atoms with van der Waals surface area (Å²) in [4.78, 5) is 3.85. The fraction of sp³-hybridized carbons (Fsp3) is 0.308. The first-order valence-electron chi connectivity index (χ1n) is 5.74. The van der Waals surface area contributed by atoms with Gasteiger partial charge in [-0.05, 0) is 36.2 Å². The molecule has 1 N–H and O–H groups in total. The predicted octanol–water partition coefficient (Wildman–Crippen LogP) is 1.90. The van der Waals surface area contributed by atoms with Crippen LogP contribution in [-0.4, -0.2) is 11.5 Å². The summed E-state index contributed by atoms with van der Waals surface area (Å²) >= 11 is 0. The molecule has 0 aliphatic carbocycles. The van der Waals surface area contributed by atoms with Crippen LogP contribution in [0.15, 0.2) is 35.2 Å². The summed E-state index contributed by atoms with van der Waals surface area (Å²) in [5, 5.41) is 3.35. The molecular weight excluding hydrogens is 216 g/mol. The maximum Gasteiger partial charge on any atom is 0.181 e. The van der Waals surface area contributed by atoms with E-state index < -0.39 is 0 Å². The lowest BCUT2D eigenvalue weighted by atomic mass is 10.0. The normalized spacial score (nSPS) is 14.4. The van der Waals surface area contributed by atoms with Gasteiger partial charge in [-0.2, -0.15) is 0 Å². The van der Waals surface area contributed by atoms with E-state index in [1.807, 2.05) is 6.07 Å². The molecule has 3 rings (SSSR count). The third-order valence-corrected chi connectivity index (χ3v) is 2.93. The van der Waals surface area contributed by atoms with Gasteiger partial charge >= 0.3 is 0 Å². The zero-order valence-corrected chi connectivity index (χ0v) is 9.48. The Balaban J connectivity index is 1.71. The van der Waals surface area contributed by atoms with Gasteiger partial charge in [-0.15, -0.1) is 0 Å². The Morgan fingerprint density at radius 3 is 3.24 bits per heavy atom. The van der Waals surface area contributed by atoms with Crippen molar-refractivity contribution >= 4 is 0 Å². The van der Waals surface area contributed by atoms with Crippen LogP contribution in [0.25, 0.3) is 0 Å². The average Bonchev–Trinajstić information content (AvgIpc) is 2.89. The highest BCUT2D eigenvalue weighted by Crippen LogP contribution is 2.21. The van der Waals surface area contributed by atoms with Gasteiger partial charge in [-0.25, -0.2) is 4.98 Å². The van der Waals surface area contributed by atoms with Crippen LogP contribution in [0.1, 0.15) is 16.9 Å². The summed E-state index contributed by atoms with van der Waals surface area (Å²) in [7, 11) is 0. The Morgan fingerprint density at radius 1 is 1.35 bits per heavy atom. The Hall–Kier alpha value is -1.81. The standard InChI is InChI=1S/C13H14N2O2/c1-2-12(16-8-13-7-15-9-17-13)5-10-3-4-14-6-11(1)10/h1-2,5,7,9,14H,3-4,6,8H2. The molecule has 0 saturated heterocycles. The van der Waals surface area contributed by atoms with Crippen molar-refractivity contribution in [1.29, 1.82) is 0 Å². The van der Waals surface area contributed by atoms with Crippen LogP contribution in [0.3, 0.4) is 0 Å². The van der Waals surface area contributed by atoms with Gasteiger partial charge in [0.15, 0.2) is 12.2 Å². The van der Waals surface area contributed by atoms with Gasteiger partial charge in [0.05, 0.1) is 6.20 Å². The molecule has 4 heteroatoms. The Kier molecular flexibility index (Phi) is 2.80. The molecule has 2 heterocycles. The third kappa shape index (κ3) is 2.31. The number of fused-ring (bicyclic) bond motifs is 1. The second-order valence-electron chi connectivity index (χ2n) is 4.11. The predicted molar refractivity (Wildman–Crippen MR) is 62.7 cm³/mol. The van der Waals surface area contributed by atoms with Crippen molar-refractivity contribution in [2.24, 2.45) is 0 Å². The summed E-state index contributed by atoms with van der Waals surface area (Å²) in [6.07, 6.45) is 4.15. The molecule has 0 amide bonds. The first-order valence-corrected chi connectivity index (χ1v) is 5.74. The van der Waals surface area contributed by atoms with Gasteiger partial charge in [-0.1, -0.05) is 6.07 Å². The molecule has 1 aliphatic rings. The second kappa shape index (κ2) is 4.59. The molecule has 1 aliphatic heterocycles. The molecule has 1 aromatic heterocycles. The lowest BCUT2D eigenvalue weighted by molar-refractivity contribution is 0.270. The lowest BCUT2D eigenvalue weighted by Crippen LogP contribution is -2.23. The number of ether oxygens (including phenoxy) is 1. The monoisotopic (exact) mass is 230 g/mol. The van der Waals surface area contributed by atoms with Gasteiger partial charge in [0.25, 0.3) is 0 Å². The molecule has 88 valence electrons. The zero-order valence-electron chi connectivity index (χ0n) is 9.48. The maximum absolute atomic E-state index is 5.66. The molecule has 0 unspecified atom stereocenters. The number of nitrogens with zero attached hydrogens (tertiary/aromatic N) is 1. The average molecular weight is 230 g/mol. The lowest BCUT2D eigenvalue weighted by Gasteiger charge is -2.17. The first kappa shape index (κ1) is 10.4. The molecule has 4 nitrogen and oxygen atoms in total. The van der Waals surface area contributed by atoms with Gasteiger partial charge in [0.1, 0.15) is 12.4 Å². The topological polar surface area (TPSA) is 47.3 Å². The Labute approximate surface area is 99.6 Å². The minimum absolute atomic E-state index is 0.428. The van der Waals surface area contributed by atoms with Crippen LogP contribution in [0.5, 0.6) is 5.75 Å². The Morgan fingerprint density at radius 2 is 2.35 bits per heavy atom. The van der Waals surface area contributed by atoms with Crippen molar-refractivity contribution in [3.8, 4) is 5.75 Å². The quantitative estimate of drug-likeness (QED) is 0.874. The molecule has 0 spiro atoms. The highest BCUT2D eigenvalue weighted by molar-refractivity contribution is 5.37. The fourth-order valence-electron chi connectivity index (χ4n) is 2.01. The number of oxazole rings is 1. The van der Waals surface area contributed by atoms with E-state index >= 15 is 0 Å². The first-order chi connectivity index (χ1) is 8.42. The van der Waals surface area contributed by atoms with E-state index in [0.717, 1.165) is 31.0 Å². The zero-order chi connectivity index (χ0) is 11.5. The summed E-state index contributed by atoms with van der Waals surface area (Å²) in [5.41, 5.74) is 2.74. The minimum atomic E-state index is 0.428. The summed E-state index contributed by atoms with van der Waals surface area (Å²) in [5.74, 6) is 1.63. The van der Waals surface area contributed by atoms with Crippen LogP contribution in [0.4, 0.5) is 0 Å². The number of nitrogens with one attached hydrogen (secondary N) is 1. The maximum atomic E-state index is 5.66. The molecule has 17 heavy (non-hydrogen) atoms. The van der Waals surface area contributed by atoms with Gasteiger partial charge in [-0.3, -0.25) is 0 Å². The largest absolute Gasteiger partial charge is 0.486 e. The number of rotatable bonds is 3. The summed E-state index contributed by atoms with van der Waals surface area (Å²) < 4.78 is 10.8. The van der Waals surface area contributed by atoms with E-state index in [-0.39, 0.29) is 0 Å². The SMILES string of the molecule is c1ncc(COc2ccc3c(c2)CCNC3)o1. The van der Waals surface area contributed by atoms with Crippen LogP contribution < -0.4 is 10.1 Å². The van der Waals surface area contributed by atoms with E-state index in [1.54, 1.807) is 6.20 Å². The molecule has 1 aromatic carbocycles. The molecule has 0 atom stereocenters. The second-order valence-corrected chi connectivity index (χ2v) is 4.11. The van der Waals surface area contributed by atoms with Crippen LogP contribution in [0.2, 0.25) is 0 Å². The van der Waals surface area contributed by atoms with Crippen molar-refractivity contribution in [3.05, 3.63) is 47.7 Å². The Bertz CT molecular complexity index is 494. The highest BCUT2D eigenvalue weighted by atomic mass is 16.5. The number of benzene rings is 1. The number of hydrogen-bond acceptors (Lipinski definition) is 4. The van der Waals surface area contributed by atoms with Crippen molar-refractivity contribution < 1.29 is 9.15 Å². The van der Waals surface area contributed by atoms with Gasteiger partial charge in [0, 0.05) is 6.54 Å². The van der Waals surface area contributed by atoms with Gasteiger partial charge in [0.2, 0.25) is 0 Å². The molecular formula is C13H14N2O2. The van der Waals surface area contributed by atoms with Crippen molar-refractivity contribution in [2.45, 2.75) is 19.6 Å². The van der Waals surface area contributed by atoms with Crippen molar-refractivity contribution in [2.75, 3.05) is 6.54 Å². The van der Waals surface area contributed by atoms with Crippen molar-refractivity contribution in [3.63, 3.8) is 0 Å². The van der Waals surface area contributed by atoms with Gasteiger partial charge < -0.3 is 14.5 Å². The fourth-order valence-corrected chi connectivity index (χ4v) is 2.01.